The molecular weight excluding hydrogens is 350 g/mol. The summed E-state index contributed by atoms with van der Waals surface area (Å²) < 4.78 is 0. The van der Waals surface area contributed by atoms with Crippen LogP contribution in [0.2, 0.25) is 5.02 Å². The zero-order valence-corrected chi connectivity index (χ0v) is 15.5. The summed E-state index contributed by atoms with van der Waals surface area (Å²) in [5.41, 5.74) is 4.18. The van der Waals surface area contributed by atoms with Crippen LogP contribution in [0.3, 0.4) is 0 Å². The highest BCUT2D eigenvalue weighted by Crippen LogP contribution is 2.28. The molecule has 5 heteroatoms. The van der Waals surface area contributed by atoms with Crippen LogP contribution in [0.4, 0.5) is 5.69 Å². The maximum absolute atomic E-state index is 12.0. The second kappa shape index (κ2) is 9.20. The summed E-state index contributed by atoms with van der Waals surface area (Å²) in [6.07, 6.45) is 2.14. The minimum Gasteiger partial charge on any atom is -0.481 e. The molecule has 4 nitrogen and oxygen atoms in total. The maximum Gasteiger partial charge on any atom is 0.303 e. The SMILES string of the molecule is C=C(C)C(=O)Nc1ccc(-c2ccc(Cl)cc2)cc1CCCCC(=O)O. The number of aryl methyl sites for hydroxylation is 1. The molecule has 2 aromatic rings. The van der Waals surface area contributed by atoms with Gasteiger partial charge in [-0.2, -0.15) is 0 Å². The third-order valence-corrected chi connectivity index (χ3v) is 4.26. The van der Waals surface area contributed by atoms with Crippen LogP contribution in [0.15, 0.2) is 54.6 Å². The minimum absolute atomic E-state index is 0.143. The minimum atomic E-state index is -0.796. The number of carbonyl (C=O) groups excluding carboxylic acids is 1. The third-order valence-electron chi connectivity index (χ3n) is 4.01. The molecule has 0 aliphatic rings. The van der Waals surface area contributed by atoms with E-state index in [1.165, 1.54) is 0 Å². The van der Waals surface area contributed by atoms with E-state index in [-0.39, 0.29) is 12.3 Å². The molecule has 0 spiro atoms. The Labute approximate surface area is 158 Å². The van der Waals surface area contributed by atoms with Crippen LogP contribution in [0.5, 0.6) is 0 Å². The van der Waals surface area contributed by atoms with Crippen molar-refractivity contribution in [3.05, 3.63) is 65.2 Å². The highest BCUT2D eigenvalue weighted by Gasteiger charge is 2.10. The largest absolute Gasteiger partial charge is 0.481 e. The van der Waals surface area contributed by atoms with E-state index in [0.29, 0.717) is 23.4 Å². The fraction of sp³-hybridized carbons (Fsp3) is 0.238. The topological polar surface area (TPSA) is 66.4 Å². The summed E-state index contributed by atoms with van der Waals surface area (Å²) in [7, 11) is 0. The molecule has 2 N–H and O–H groups in total. The van der Waals surface area contributed by atoms with Crippen molar-refractivity contribution in [3.63, 3.8) is 0 Å². The van der Waals surface area contributed by atoms with Crippen molar-refractivity contribution in [2.45, 2.75) is 32.6 Å². The first-order valence-corrected chi connectivity index (χ1v) is 8.82. The second-order valence-corrected chi connectivity index (χ2v) is 6.65. The molecule has 0 aliphatic heterocycles. The Morgan fingerprint density at radius 1 is 1.08 bits per heavy atom. The van der Waals surface area contributed by atoms with E-state index in [9.17, 15) is 9.59 Å². The number of aliphatic carboxylic acids is 1. The summed E-state index contributed by atoms with van der Waals surface area (Å²) in [5.74, 6) is -1.02. The van der Waals surface area contributed by atoms with Crippen molar-refractivity contribution >= 4 is 29.2 Å². The van der Waals surface area contributed by atoms with E-state index >= 15 is 0 Å². The quantitative estimate of drug-likeness (QED) is 0.487. The number of benzene rings is 2. The van der Waals surface area contributed by atoms with Gasteiger partial charge in [0.05, 0.1) is 0 Å². The van der Waals surface area contributed by atoms with Gasteiger partial charge >= 0.3 is 5.97 Å². The van der Waals surface area contributed by atoms with Gasteiger partial charge in [-0.15, -0.1) is 0 Å². The summed E-state index contributed by atoms with van der Waals surface area (Å²) in [5, 5.41) is 12.3. The van der Waals surface area contributed by atoms with E-state index in [2.05, 4.69) is 11.9 Å². The Morgan fingerprint density at radius 3 is 2.35 bits per heavy atom. The summed E-state index contributed by atoms with van der Waals surface area (Å²) >= 11 is 5.95. The maximum atomic E-state index is 12.0. The zero-order valence-electron chi connectivity index (χ0n) is 14.7. The molecule has 0 saturated carbocycles. The van der Waals surface area contributed by atoms with Crippen LogP contribution in [-0.2, 0) is 16.0 Å². The highest BCUT2D eigenvalue weighted by atomic mass is 35.5. The van der Waals surface area contributed by atoms with Crippen LogP contribution >= 0.6 is 11.6 Å². The molecule has 0 saturated heterocycles. The molecule has 2 rings (SSSR count). The monoisotopic (exact) mass is 371 g/mol. The van der Waals surface area contributed by atoms with E-state index in [0.717, 1.165) is 28.8 Å². The number of amides is 1. The van der Waals surface area contributed by atoms with Crippen molar-refractivity contribution in [1.82, 2.24) is 0 Å². The van der Waals surface area contributed by atoms with Gasteiger partial charge < -0.3 is 10.4 Å². The van der Waals surface area contributed by atoms with Crippen LogP contribution in [0.1, 0.15) is 31.7 Å². The number of carbonyl (C=O) groups is 2. The molecule has 0 atom stereocenters. The van der Waals surface area contributed by atoms with Gasteiger partial charge in [0.15, 0.2) is 0 Å². The lowest BCUT2D eigenvalue weighted by atomic mass is 9.98. The van der Waals surface area contributed by atoms with Crippen molar-refractivity contribution in [1.29, 1.82) is 0 Å². The summed E-state index contributed by atoms with van der Waals surface area (Å²) in [4.78, 5) is 22.7. The number of hydrogen-bond donors (Lipinski definition) is 2. The lowest BCUT2D eigenvalue weighted by Crippen LogP contribution is -2.13. The predicted octanol–water partition coefficient (Wildman–Crippen LogP) is 5.32. The summed E-state index contributed by atoms with van der Waals surface area (Å²) in [6, 6.07) is 13.4. The van der Waals surface area contributed by atoms with Gasteiger partial charge in [-0.05, 0) is 67.1 Å². The smallest absolute Gasteiger partial charge is 0.303 e. The van der Waals surface area contributed by atoms with Crippen molar-refractivity contribution in [2.75, 3.05) is 5.32 Å². The molecule has 0 heterocycles. The molecule has 1 amide bonds. The number of carboxylic acid groups (broad SMARTS) is 1. The fourth-order valence-electron chi connectivity index (χ4n) is 2.57. The van der Waals surface area contributed by atoms with Crippen LogP contribution in [0, 0.1) is 0 Å². The lowest BCUT2D eigenvalue weighted by Gasteiger charge is -2.13. The average molecular weight is 372 g/mol. The molecule has 26 heavy (non-hydrogen) atoms. The first-order chi connectivity index (χ1) is 12.4. The predicted molar refractivity (Wildman–Crippen MR) is 106 cm³/mol. The fourth-order valence-corrected chi connectivity index (χ4v) is 2.69. The van der Waals surface area contributed by atoms with Gasteiger partial charge in [-0.3, -0.25) is 9.59 Å². The van der Waals surface area contributed by atoms with Gasteiger partial charge in [0.25, 0.3) is 5.91 Å². The number of carboxylic acids is 1. The molecule has 0 unspecified atom stereocenters. The molecule has 0 aromatic heterocycles. The number of rotatable bonds is 8. The normalized spacial score (nSPS) is 10.4. The Morgan fingerprint density at radius 2 is 1.73 bits per heavy atom. The molecule has 0 fully saturated rings. The van der Waals surface area contributed by atoms with Crippen molar-refractivity contribution in [2.24, 2.45) is 0 Å². The van der Waals surface area contributed by atoms with E-state index in [4.69, 9.17) is 16.7 Å². The molecule has 136 valence electrons. The highest BCUT2D eigenvalue weighted by molar-refractivity contribution is 6.30. The standard InChI is InChI=1S/C21H22ClNO3/c1-14(2)21(26)23-19-12-9-16(15-7-10-18(22)11-8-15)13-17(19)5-3-4-6-20(24)25/h7-13H,1,3-6H2,2H3,(H,23,26)(H,24,25). The van der Waals surface area contributed by atoms with E-state index in [1.54, 1.807) is 6.92 Å². The van der Waals surface area contributed by atoms with Crippen molar-refractivity contribution < 1.29 is 14.7 Å². The third kappa shape index (κ3) is 5.74. The van der Waals surface area contributed by atoms with Gasteiger partial charge in [-0.25, -0.2) is 0 Å². The Balaban J connectivity index is 2.25. The molecule has 0 aliphatic carbocycles. The van der Waals surface area contributed by atoms with Crippen LogP contribution in [-0.4, -0.2) is 17.0 Å². The lowest BCUT2D eigenvalue weighted by molar-refractivity contribution is -0.137. The Hall–Kier alpha value is -2.59. The van der Waals surface area contributed by atoms with Crippen molar-refractivity contribution in [3.8, 4) is 11.1 Å². The average Bonchev–Trinajstić information content (AvgIpc) is 2.60. The van der Waals surface area contributed by atoms with Crippen LogP contribution in [0.25, 0.3) is 11.1 Å². The molecule has 0 radical (unpaired) electrons. The van der Waals surface area contributed by atoms with E-state index < -0.39 is 5.97 Å². The number of hydrogen-bond acceptors (Lipinski definition) is 2. The number of nitrogens with one attached hydrogen (secondary N) is 1. The second-order valence-electron chi connectivity index (χ2n) is 6.21. The number of unbranched alkanes of at least 4 members (excludes halogenated alkanes) is 1. The zero-order chi connectivity index (χ0) is 19.1. The van der Waals surface area contributed by atoms with Gasteiger partial charge in [0.1, 0.15) is 0 Å². The van der Waals surface area contributed by atoms with E-state index in [1.807, 2.05) is 42.5 Å². The molecular formula is C21H22ClNO3. The van der Waals surface area contributed by atoms with Gasteiger partial charge in [-0.1, -0.05) is 36.4 Å². The number of halogens is 1. The van der Waals surface area contributed by atoms with Gasteiger partial charge in [0.2, 0.25) is 0 Å². The Kier molecular flexibility index (Phi) is 6.98. The van der Waals surface area contributed by atoms with Gasteiger partial charge in [0, 0.05) is 22.7 Å². The van der Waals surface area contributed by atoms with Crippen LogP contribution < -0.4 is 5.32 Å². The Bertz CT molecular complexity index is 813. The molecule has 2 aromatic carbocycles. The summed E-state index contributed by atoms with van der Waals surface area (Å²) in [6.45, 7) is 5.32. The number of anilines is 1. The molecule has 0 bridgehead atoms. The first kappa shape index (κ1) is 19.7. The first-order valence-electron chi connectivity index (χ1n) is 8.44.